The Balaban J connectivity index is 1.35. The van der Waals surface area contributed by atoms with Crippen molar-refractivity contribution in [3.63, 3.8) is 0 Å². The summed E-state index contributed by atoms with van der Waals surface area (Å²) in [6.45, 7) is 7.60. The van der Waals surface area contributed by atoms with Gasteiger partial charge in [0.15, 0.2) is 0 Å². The average Bonchev–Trinajstić information content (AvgIpc) is 2.81. The molecule has 3 heterocycles. The Hall–Kier alpha value is -2.24. The highest BCUT2D eigenvalue weighted by Crippen LogP contribution is 2.45. The van der Waals surface area contributed by atoms with Crippen LogP contribution in [-0.4, -0.2) is 43.8 Å². The summed E-state index contributed by atoms with van der Waals surface area (Å²) in [5.41, 5.74) is 4.57. The maximum absolute atomic E-state index is 13.0. The van der Waals surface area contributed by atoms with Gasteiger partial charge in [0, 0.05) is 6.54 Å². The predicted octanol–water partition coefficient (Wildman–Crippen LogP) is 5.85. The number of carbonyl (C=O) groups excluding carboxylic acids is 1. The summed E-state index contributed by atoms with van der Waals surface area (Å²) < 4.78 is 11.2. The zero-order valence-electron chi connectivity index (χ0n) is 19.7. The van der Waals surface area contributed by atoms with Crippen LogP contribution in [-0.2, 0) is 11.2 Å². The van der Waals surface area contributed by atoms with E-state index in [9.17, 15) is 4.79 Å². The molecule has 6 rings (SSSR count). The Bertz CT molecular complexity index is 1050. The van der Waals surface area contributed by atoms with Gasteiger partial charge in [-0.1, -0.05) is 49.7 Å². The molecule has 2 atom stereocenters. The molecule has 1 aliphatic carbocycles. The number of hydrogen-bond donors (Lipinski definition) is 1. The molecule has 1 unspecified atom stereocenters. The van der Waals surface area contributed by atoms with E-state index in [1.807, 2.05) is 18.2 Å². The first kappa shape index (κ1) is 22.5. The summed E-state index contributed by atoms with van der Waals surface area (Å²) >= 11 is 6.35. The van der Waals surface area contributed by atoms with E-state index >= 15 is 0 Å². The quantitative estimate of drug-likeness (QED) is 0.611. The second kappa shape index (κ2) is 8.84. The van der Waals surface area contributed by atoms with Crippen LogP contribution in [0.4, 0.5) is 4.79 Å². The minimum atomic E-state index is -0.286. The number of carbonyl (C=O) groups is 1. The number of methoxy groups -OCH3 is 1. The highest BCUT2D eigenvalue weighted by Gasteiger charge is 2.40. The first-order chi connectivity index (χ1) is 15.8. The molecule has 2 aromatic carbocycles. The number of piperidine rings is 3. The predicted molar refractivity (Wildman–Crippen MR) is 131 cm³/mol. The molecule has 1 amide bonds. The number of alkyl carbamates (subject to hydrolysis) is 1. The van der Waals surface area contributed by atoms with Gasteiger partial charge in [-0.2, -0.15) is 0 Å². The van der Waals surface area contributed by atoms with Gasteiger partial charge in [0.05, 0.1) is 18.2 Å². The molecule has 0 saturated carbocycles. The lowest BCUT2D eigenvalue weighted by Gasteiger charge is -2.44. The summed E-state index contributed by atoms with van der Waals surface area (Å²) in [5, 5.41) is 3.84. The summed E-state index contributed by atoms with van der Waals surface area (Å²) in [5.74, 6) is 1.18. The van der Waals surface area contributed by atoms with Crippen molar-refractivity contribution in [1.29, 1.82) is 0 Å². The zero-order valence-corrected chi connectivity index (χ0v) is 20.5. The number of benzene rings is 2. The fraction of sp³-hybridized carbons (Fsp3) is 0.519. The van der Waals surface area contributed by atoms with Crippen LogP contribution in [0.15, 0.2) is 36.4 Å². The largest absolute Gasteiger partial charge is 0.495 e. The van der Waals surface area contributed by atoms with Crippen molar-refractivity contribution >= 4 is 17.7 Å². The van der Waals surface area contributed by atoms with Gasteiger partial charge in [-0.3, -0.25) is 4.90 Å². The molecule has 0 spiro atoms. The van der Waals surface area contributed by atoms with Crippen LogP contribution in [0.1, 0.15) is 50.3 Å². The zero-order chi connectivity index (χ0) is 23.2. The Morgan fingerprint density at radius 3 is 2.52 bits per heavy atom. The first-order valence-electron chi connectivity index (χ1n) is 12.0. The minimum Gasteiger partial charge on any atom is -0.495 e. The third-order valence-electron chi connectivity index (χ3n) is 7.88. The molecular weight excluding hydrogens is 436 g/mol. The fourth-order valence-electron chi connectivity index (χ4n) is 5.76. The lowest BCUT2D eigenvalue weighted by atomic mass is 9.70. The van der Waals surface area contributed by atoms with Gasteiger partial charge in [0.2, 0.25) is 0 Å². The van der Waals surface area contributed by atoms with Crippen LogP contribution in [0, 0.1) is 11.3 Å². The van der Waals surface area contributed by atoms with E-state index in [4.69, 9.17) is 21.1 Å². The van der Waals surface area contributed by atoms with Crippen molar-refractivity contribution in [2.45, 2.75) is 51.7 Å². The van der Waals surface area contributed by atoms with Gasteiger partial charge in [-0.15, -0.1) is 0 Å². The molecule has 0 radical (unpaired) electrons. The Morgan fingerprint density at radius 2 is 1.85 bits per heavy atom. The summed E-state index contributed by atoms with van der Waals surface area (Å²) in [4.78, 5) is 15.4. The Kier molecular flexibility index (Phi) is 6.04. The number of amides is 1. The van der Waals surface area contributed by atoms with Crippen molar-refractivity contribution in [2.75, 3.05) is 26.7 Å². The van der Waals surface area contributed by atoms with Crippen LogP contribution in [0.3, 0.4) is 0 Å². The lowest BCUT2D eigenvalue weighted by molar-refractivity contribution is -0.0353. The van der Waals surface area contributed by atoms with Gasteiger partial charge in [-0.05, 0) is 84.5 Å². The van der Waals surface area contributed by atoms with Gasteiger partial charge < -0.3 is 14.8 Å². The number of nitrogens with zero attached hydrogens (tertiary/aromatic N) is 1. The summed E-state index contributed by atoms with van der Waals surface area (Å²) in [7, 11) is 1.62. The van der Waals surface area contributed by atoms with Crippen LogP contribution >= 0.6 is 11.6 Å². The van der Waals surface area contributed by atoms with Gasteiger partial charge in [0.1, 0.15) is 11.9 Å². The number of nitrogens with one attached hydrogen (secondary N) is 1. The third kappa shape index (κ3) is 4.45. The van der Waals surface area contributed by atoms with E-state index in [1.165, 1.54) is 11.1 Å². The standard InChI is InChI=1S/C27H33ClN2O3/c1-27(2)11-8-20-14-18(19-5-7-23(32-3)22(28)15-19)4-6-21(20)25(27)29-26(31)33-24-16-30-12-9-17(24)10-13-30/h4-7,14-15,17,24-25H,8-13,16H2,1-3H3,(H,29,31)/t24-,25?/m0/s1. The van der Waals surface area contributed by atoms with Crippen molar-refractivity contribution in [3.8, 4) is 16.9 Å². The first-order valence-corrected chi connectivity index (χ1v) is 12.4. The number of ether oxygens (including phenoxy) is 2. The molecule has 3 saturated heterocycles. The molecule has 0 aromatic heterocycles. The second-order valence-electron chi connectivity index (χ2n) is 10.4. The Labute approximate surface area is 201 Å². The Morgan fingerprint density at radius 1 is 1.12 bits per heavy atom. The van der Waals surface area contributed by atoms with E-state index < -0.39 is 0 Å². The molecular formula is C27H33ClN2O3. The molecule has 3 aliphatic heterocycles. The highest BCUT2D eigenvalue weighted by molar-refractivity contribution is 6.32. The molecule has 2 aromatic rings. The second-order valence-corrected chi connectivity index (χ2v) is 10.8. The van der Waals surface area contributed by atoms with E-state index in [1.54, 1.807) is 7.11 Å². The van der Waals surface area contributed by atoms with Crippen LogP contribution < -0.4 is 10.1 Å². The normalized spacial score (nSPS) is 27.5. The summed E-state index contributed by atoms with van der Waals surface area (Å²) in [6.07, 6.45) is 3.97. The smallest absolute Gasteiger partial charge is 0.407 e. The van der Waals surface area contributed by atoms with Gasteiger partial charge in [0.25, 0.3) is 0 Å². The number of aryl methyl sites for hydroxylation is 1. The maximum atomic E-state index is 13.0. The average molecular weight is 469 g/mol. The van der Waals surface area contributed by atoms with Crippen molar-refractivity contribution in [1.82, 2.24) is 10.2 Å². The fourth-order valence-corrected chi connectivity index (χ4v) is 6.02. The van der Waals surface area contributed by atoms with Gasteiger partial charge >= 0.3 is 6.09 Å². The van der Waals surface area contributed by atoms with Crippen LogP contribution in [0.5, 0.6) is 5.75 Å². The van der Waals surface area contributed by atoms with Gasteiger partial charge in [-0.25, -0.2) is 4.79 Å². The van der Waals surface area contributed by atoms with E-state index in [0.29, 0.717) is 16.7 Å². The van der Waals surface area contributed by atoms with Crippen molar-refractivity contribution < 1.29 is 14.3 Å². The molecule has 5 nitrogen and oxygen atoms in total. The lowest BCUT2D eigenvalue weighted by Crippen LogP contribution is -2.53. The van der Waals surface area contributed by atoms with E-state index in [-0.39, 0.29) is 23.7 Å². The molecule has 6 heteroatoms. The summed E-state index contributed by atoms with van der Waals surface area (Å²) in [6, 6.07) is 12.3. The molecule has 33 heavy (non-hydrogen) atoms. The molecule has 3 fully saturated rings. The third-order valence-corrected chi connectivity index (χ3v) is 8.17. The van der Waals surface area contributed by atoms with Crippen molar-refractivity contribution in [2.24, 2.45) is 11.3 Å². The van der Waals surface area contributed by atoms with Crippen LogP contribution in [0.2, 0.25) is 5.02 Å². The van der Waals surface area contributed by atoms with E-state index in [2.05, 4.69) is 42.3 Å². The highest BCUT2D eigenvalue weighted by atomic mass is 35.5. The molecule has 4 aliphatic rings. The topological polar surface area (TPSA) is 50.8 Å². The SMILES string of the molecule is COc1ccc(-c2ccc3c(c2)CCC(C)(C)C3NC(=O)O[C@H]2CN3CCC2CC3)cc1Cl. The molecule has 176 valence electrons. The number of hydrogen-bond acceptors (Lipinski definition) is 4. The monoisotopic (exact) mass is 468 g/mol. The molecule has 2 bridgehead atoms. The van der Waals surface area contributed by atoms with Crippen LogP contribution in [0.25, 0.3) is 11.1 Å². The van der Waals surface area contributed by atoms with E-state index in [0.717, 1.165) is 56.4 Å². The van der Waals surface area contributed by atoms with Crippen molar-refractivity contribution in [3.05, 3.63) is 52.5 Å². The number of fused-ring (bicyclic) bond motifs is 4. The minimum absolute atomic E-state index is 0.0147. The maximum Gasteiger partial charge on any atom is 0.407 e. The number of halogens is 1. The molecule has 1 N–H and O–H groups in total. The number of rotatable bonds is 4.